The molecule has 4 heteroatoms. The first-order chi connectivity index (χ1) is 9.21. The molecule has 0 aliphatic carbocycles. The number of nitrogens with two attached hydrogens (primary N) is 1. The molecule has 0 bridgehead atoms. The molecule has 4 nitrogen and oxygen atoms in total. The van der Waals surface area contributed by atoms with E-state index in [0.717, 1.165) is 28.9 Å². The number of pyridine rings is 1. The highest BCUT2D eigenvalue weighted by Gasteiger charge is 2.11. The van der Waals surface area contributed by atoms with Crippen molar-refractivity contribution in [1.82, 2.24) is 4.98 Å². The number of hydrogen-bond donors (Lipinski definition) is 1. The predicted molar refractivity (Wildman–Crippen MR) is 74.7 cm³/mol. The average Bonchev–Trinajstić information content (AvgIpc) is 2.46. The monoisotopic (exact) mass is 253 g/mol. The van der Waals surface area contributed by atoms with Crippen molar-refractivity contribution in [1.29, 1.82) is 5.26 Å². The van der Waals surface area contributed by atoms with E-state index in [1.165, 1.54) is 0 Å². The fourth-order valence-electron chi connectivity index (χ4n) is 2.06. The lowest BCUT2D eigenvalue weighted by molar-refractivity contribution is 0.410. The third-order valence-corrected chi connectivity index (χ3v) is 3.06. The van der Waals surface area contributed by atoms with Gasteiger partial charge in [0.25, 0.3) is 0 Å². The van der Waals surface area contributed by atoms with Gasteiger partial charge in [0.1, 0.15) is 23.2 Å². The molecule has 0 aliphatic rings. The van der Waals surface area contributed by atoms with Crippen LogP contribution in [-0.2, 0) is 6.42 Å². The average molecular weight is 253 g/mol. The van der Waals surface area contributed by atoms with Crippen molar-refractivity contribution in [2.75, 3.05) is 12.8 Å². The summed E-state index contributed by atoms with van der Waals surface area (Å²) in [4.78, 5) is 3.94. The van der Waals surface area contributed by atoms with Crippen molar-refractivity contribution >= 4 is 5.82 Å². The summed E-state index contributed by atoms with van der Waals surface area (Å²) in [6.07, 6.45) is 2.47. The van der Waals surface area contributed by atoms with Crippen LogP contribution < -0.4 is 10.5 Å². The van der Waals surface area contributed by atoms with Crippen LogP contribution in [0.25, 0.3) is 11.1 Å². The van der Waals surface area contributed by atoms with Gasteiger partial charge in [0, 0.05) is 11.8 Å². The van der Waals surface area contributed by atoms with E-state index < -0.39 is 0 Å². The summed E-state index contributed by atoms with van der Waals surface area (Å²) in [6, 6.07) is 9.77. The molecule has 0 saturated heterocycles. The van der Waals surface area contributed by atoms with E-state index in [1.807, 2.05) is 18.2 Å². The van der Waals surface area contributed by atoms with Gasteiger partial charge in [-0.1, -0.05) is 13.0 Å². The summed E-state index contributed by atoms with van der Waals surface area (Å²) >= 11 is 0. The molecule has 0 aliphatic heterocycles. The van der Waals surface area contributed by atoms with Crippen LogP contribution in [0.2, 0.25) is 0 Å². The SMILES string of the molecule is CCc1cc(-c2ccnc(N)c2C#N)ccc1OC. The maximum Gasteiger partial charge on any atom is 0.141 e. The van der Waals surface area contributed by atoms with Gasteiger partial charge in [0.15, 0.2) is 0 Å². The third kappa shape index (κ3) is 2.36. The van der Waals surface area contributed by atoms with E-state index in [1.54, 1.807) is 19.4 Å². The van der Waals surface area contributed by atoms with Crippen molar-refractivity contribution in [3.63, 3.8) is 0 Å². The van der Waals surface area contributed by atoms with Crippen LogP contribution in [0.1, 0.15) is 18.1 Å². The Morgan fingerprint density at radius 2 is 2.16 bits per heavy atom. The van der Waals surface area contributed by atoms with Gasteiger partial charge in [-0.3, -0.25) is 0 Å². The second kappa shape index (κ2) is 5.40. The van der Waals surface area contributed by atoms with Crippen molar-refractivity contribution < 1.29 is 4.74 Å². The van der Waals surface area contributed by atoms with Gasteiger partial charge in [-0.25, -0.2) is 4.98 Å². The first kappa shape index (κ1) is 12.9. The van der Waals surface area contributed by atoms with Crippen LogP contribution in [0.5, 0.6) is 5.75 Å². The summed E-state index contributed by atoms with van der Waals surface area (Å²) in [6.45, 7) is 2.06. The molecular weight excluding hydrogens is 238 g/mol. The van der Waals surface area contributed by atoms with Crippen LogP contribution in [0.4, 0.5) is 5.82 Å². The number of aromatic nitrogens is 1. The maximum atomic E-state index is 9.19. The number of methoxy groups -OCH3 is 1. The molecule has 0 amide bonds. The lowest BCUT2D eigenvalue weighted by Gasteiger charge is -2.11. The summed E-state index contributed by atoms with van der Waals surface area (Å²) in [5, 5.41) is 9.19. The van der Waals surface area contributed by atoms with Crippen molar-refractivity contribution in [2.24, 2.45) is 0 Å². The third-order valence-electron chi connectivity index (χ3n) is 3.06. The maximum absolute atomic E-state index is 9.19. The number of aryl methyl sites for hydroxylation is 1. The summed E-state index contributed by atoms with van der Waals surface area (Å²) in [7, 11) is 1.65. The van der Waals surface area contributed by atoms with Gasteiger partial charge in [-0.2, -0.15) is 5.26 Å². The number of nitrogen functional groups attached to an aromatic ring is 1. The second-order valence-electron chi connectivity index (χ2n) is 4.11. The van der Waals surface area contributed by atoms with E-state index in [9.17, 15) is 5.26 Å². The lowest BCUT2D eigenvalue weighted by Crippen LogP contribution is -1.97. The molecule has 0 spiro atoms. The fraction of sp³-hybridized carbons (Fsp3) is 0.200. The largest absolute Gasteiger partial charge is 0.496 e. The smallest absolute Gasteiger partial charge is 0.141 e. The van der Waals surface area contributed by atoms with E-state index in [-0.39, 0.29) is 5.82 Å². The van der Waals surface area contributed by atoms with Crippen LogP contribution in [0.15, 0.2) is 30.5 Å². The fourth-order valence-corrected chi connectivity index (χ4v) is 2.06. The molecule has 1 aromatic carbocycles. The topological polar surface area (TPSA) is 71.9 Å². The van der Waals surface area contributed by atoms with E-state index in [2.05, 4.69) is 18.0 Å². The number of benzene rings is 1. The predicted octanol–water partition coefficient (Wildman–Crippen LogP) is 2.77. The van der Waals surface area contributed by atoms with Gasteiger partial charge in [-0.15, -0.1) is 0 Å². The number of ether oxygens (including phenoxy) is 1. The molecule has 19 heavy (non-hydrogen) atoms. The van der Waals surface area contributed by atoms with Crippen LogP contribution in [-0.4, -0.2) is 12.1 Å². The second-order valence-corrected chi connectivity index (χ2v) is 4.11. The normalized spacial score (nSPS) is 9.95. The highest BCUT2D eigenvalue weighted by atomic mass is 16.5. The first-order valence-electron chi connectivity index (χ1n) is 6.03. The summed E-state index contributed by atoms with van der Waals surface area (Å²) in [5.74, 6) is 1.11. The number of anilines is 1. The van der Waals surface area contributed by atoms with E-state index in [4.69, 9.17) is 10.5 Å². The number of rotatable bonds is 3. The molecule has 0 atom stereocenters. The molecule has 0 fully saturated rings. The zero-order valence-electron chi connectivity index (χ0n) is 11.0. The molecule has 2 aromatic rings. The van der Waals surface area contributed by atoms with Crippen LogP contribution in [0, 0.1) is 11.3 Å². The Labute approximate surface area is 112 Å². The Balaban J connectivity index is 2.60. The lowest BCUT2D eigenvalue weighted by atomic mass is 9.98. The molecule has 0 saturated carbocycles. The van der Waals surface area contributed by atoms with Crippen molar-refractivity contribution in [3.05, 3.63) is 41.6 Å². The summed E-state index contributed by atoms with van der Waals surface area (Å²) < 4.78 is 5.31. The van der Waals surface area contributed by atoms with Gasteiger partial charge in [0.05, 0.1) is 7.11 Å². The molecule has 0 radical (unpaired) electrons. The molecule has 0 unspecified atom stereocenters. The number of nitrogens with zero attached hydrogens (tertiary/aromatic N) is 2. The van der Waals surface area contributed by atoms with Crippen LogP contribution in [0.3, 0.4) is 0 Å². The Hall–Kier alpha value is -2.54. The zero-order valence-corrected chi connectivity index (χ0v) is 11.0. The first-order valence-corrected chi connectivity index (χ1v) is 6.03. The minimum atomic E-state index is 0.258. The van der Waals surface area contributed by atoms with E-state index in [0.29, 0.717) is 5.56 Å². The molecule has 1 heterocycles. The van der Waals surface area contributed by atoms with E-state index >= 15 is 0 Å². The quantitative estimate of drug-likeness (QED) is 0.912. The Kier molecular flexibility index (Phi) is 3.67. The molecular formula is C15H15N3O. The van der Waals surface area contributed by atoms with Crippen molar-refractivity contribution in [3.8, 4) is 22.9 Å². The van der Waals surface area contributed by atoms with Crippen molar-refractivity contribution in [2.45, 2.75) is 13.3 Å². The molecule has 96 valence electrons. The standard InChI is InChI=1S/C15H15N3O/c1-3-10-8-11(4-5-14(10)19-2)12-6-7-18-15(17)13(12)9-16/h4-8H,3H2,1-2H3,(H2,17,18). The summed E-state index contributed by atoms with van der Waals surface area (Å²) in [5.41, 5.74) is 8.99. The number of hydrogen-bond acceptors (Lipinski definition) is 4. The van der Waals surface area contributed by atoms with Crippen LogP contribution >= 0.6 is 0 Å². The highest BCUT2D eigenvalue weighted by Crippen LogP contribution is 2.30. The molecule has 1 aromatic heterocycles. The Morgan fingerprint density at radius 1 is 1.37 bits per heavy atom. The van der Waals surface area contributed by atoms with Gasteiger partial charge >= 0.3 is 0 Å². The Morgan fingerprint density at radius 3 is 2.79 bits per heavy atom. The molecule has 2 rings (SSSR count). The highest BCUT2D eigenvalue weighted by molar-refractivity contribution is 5.75. The van der Waals surface area contributed by atoms with Gasteiger partial charge in [-0.05, 0) is 35.7 Å². The zero-order chi connectivity index (χ0) is 13.8. The Bertz CT molecular complexity index is 644. The van der Waals surface area contributed by atoms with Gasteiger partial charge in [0.2, 0.25) is 0 Å². The number of nitriles is 1. The minimum Gasteiger partial charge on any atom is -0.496 e. The molecule has 2 N–H and O–H groups in total. The minimum absolute atomic E-state index is 0.258. The van der Waals surface area contributed by atoms with Gasteiger partial charge < -0.3 is 10.5 Å².